The van der Waals surface area contributed by atoms with Gasteiger partial charge in [0.2, 0.25) is 10.0 Å². The van der Waals surface area contributed by atoms with E-state index in [-0.39, 0.29) is 23.7 Å². The van der Waals surface area contributed by atoms with Crippen molar-refractivity contribution in [1.82, 2.24) is 9.29 Å². The summed E-state index contributed by atoms with van der Waals surface area (Å²) in [5.41, 5.74) is 0.00362. The molecule has 2 heterocycles. The average molecular weight is 368 g/mol. The number of piperazine rings is 1. The molecule has 10 heteroatoms. The van der Waals surface area contributed by atoms with Crippen LogP contribution in [-0.4, -0.2) is 48.8 Å². The van der Waals surface area contributed by atoms with Crippen LogP contribution in [0.1, 0.15) is 5.56 Å². The third kappa shape index (κ3) is 2.99. The van der Waals surface area contributed by atoms with Crippen LogP contribution in [-0.2, 0) is 10.0 Å². The monoisotopic (exact) mass is 368 g/mol. The Morgan fingerprint density at radius 1 is 1.25 bits per heavy atom. The molecule has 0 radical (unpaired) electrons. The van der Waals surface area contributed by atoms with Crippen LogP contribution in [0.2, 0.25) is 0 Å². The van der Waals surface area contributed by atoms with Gasteiger partial charge >= 0.3 is 0 Å². The lowest BCUT2D eigenvalue weighted by molar-refractivity contribution is -0.387. The fourth-order valence-corrected chi connectivity index (χ4v) is 5.22. The molecule has 128 valence electrons. The highest BCUT2D eigenvalue weighted by Crippen LogP contribution is 2.30. The fourth-order valence-electron chi connectivity index (χ4n) is 2.74. The number of nitro groups is 1. The van der Waals surface area contributed by atoms with E-state index in [4.69, 9.17) is 0 Å². The zero-order chi connectivity index (χ0) is 17.3. The minimum absolute atomic E-state index is 0.210. The van der Waals surface area contributed by atoms with Gasteiger partial charge in [0.15, 0.2) is 10.0 Å². The zero-order valence-corrected chi connectivity index (χ0v) is 14.6. The molecule has 1 aliphatic heterocycles. The Hall–Kier alpha value is -2.04. The molecule has 2 aromatic rings. The topological polar surface area (TPSA) is 96.6 Å². The number of benzene rings is 1. The van der Waals surface area contributed by atoms with Gasteiger partial charge in [-0.05, 0) is 12.5 Å². The van der Waals surface area contributed by atoms with Crippen molar-refractivity contribution in [3.63, 3.8) is 0 Å². The molecule has 1 aromatic carbocycles. The molecule has 8 nitrogen and oxygen atoms in total. The average Bonchev–Trinajstić information content (AvgIpc) is 3.09. The molecule has 1 aromatic heterocycles. The largest absolute Gasteiger partial charge is 0.345 e. The molecule has 0 aliphatic carbocycles. The standard InChI is InChI=1S/C14H16N4O4S2/c1-11-3-2-4-12(18(19)20)13(11)24(21,22)17-8-6-16(7-9-17)14-15-5-10-23-14/h2-5,10H,6-9H2,1H3. The fraction of sp³-hybridized carbons (Fsp3) is 0.357. The van der Waals surface area contributed by atoms with E-state index in [0.717, 1.165) is 5.13 Å². The first-order valence-electron chi connectivity index (χ1n) is 7.30. The molecule has 0 spiro atoms. The Balaban J connectivity index is 1.87. The van der Waals surface area contributed by atoms with Crippen molar-refractivity contribution in [2.45, 2.75) is 11.8 Å². The third-order valence-electron chi connectivity index (χ3n) is 3.91. The second kappa shape index (κ2) is 6.46. The number of aryl methyl sites for hydroxylation is 1. The minimum atomic E-state index is -3.91. The number of thiazole rings is 1. The molecule has 24 heavy (non-hydrogen) atoms. The molecular weight excluding hydrogens is 352 g/mol. The lowest BCUT2D eigenvalue weighted by Crippen LogP contribution is -2.48. The maximum atomic E-state index is 12.9. The molecular formula is C14H16N4O4S2. The molecule has 0 atom stereocenters. The van der Waals surface area contributed by atoms with Gasteiger partial charge in [-0.25, -0.2) is 13.4 Å². The summed E-state index contributed by atoms with van der Waals surface area (Å²) >= 11 is 1.50. The lowest BCUT2D eigenvalue weighted by atomic mass is 10.2. The molecule has 0 bridgehead atoms. The summed E-state index contributed by atoms with van der Waals surface area (Å²) in [6, 6.07) is 4.30. The molecule has 3 rings (SSSR count). The Kier molecular flexibility index (Phi) is 4.52. The SMILES string of the molecule is Cc1cccc([N+](=O)[O-])c1S(=O)(=O)N1CCN(c2nccs2)CC1. The third-order valence-corrected chi connectivity index (χ3v) is 6.84. The predicted octanol–water partition coefficient (Wildman–Crippen LogP) is 1.87. The van der Waals surface area contributed by atoms with Crippen LogP contribution < -0.4 is 4.90 Å². The van der Waals surface area contributed by atoms with Crippen molar-refractivity contribution in [2.75, 3.05) is 31.1 Å². The number of sulfonamides is 1. The van der Waals surface area contributed by atoms with E-state index in [1.807, 2.05) is 10.3 Å². The quantitative estimate of drug-likeness (QED) is 0.604. The second-order valence-corrected chi connectivity index (χ2v) is 8.13. The summed E-state index contributed by atoms with van der Waals surface area (Å²) in [4.78, 5) is 16.6. The van der Waals surface area contributed by atoms with E-state index in [2.05, 4.69) is 4.98 Å². The van der Waals surface area contributed by atoms with Gasteiger partial charge in [0.05, 0.1) is 4.92 Å². The normalized spacial score (nSPS) is 16.3. The summed E-state index contributed by atoms with van der Waals surface area (Å²) in [7, 11) is -3.91. The highest BCUT2D eigenvalue weighted by molar-refractivity contribution is 7.89. The lowest BCUT2D eigenvalue weighted by Gasteiger charge is -2.33. The summed E-state index contributed by atoms with van der Waals surface area (Å²) in [6.07, 6.45) is 1.71. The van der Waals surface area contributed by atoms with Crippen LogP contribution in [0.3, 0.4) is 0 Å². The van der Waals surface area contributed by atoms with E-state index >= 15 is 0 Å². The van der Waals surface area contributed by atoms with Crippen molar-refractivity contribution in [3.05, 3.63) is 45.5 Å². The second-order valence-electron chi connectivity index (χ2n) is 5.39. The van der Waals surface area contributed by atoms with Crippen LogP contribution >= 0.6 is 11.3 Å². The van der Waals surface area contributed by atoms with E-state index in [9.17, 15) is 18.5 Å². The smallest absolute Gasteiger partial charge is 0.289 e. The van der Waals surface area contributed by atoms with Crippen LogP contribution in [0.25, 0.3) is 0 Å². The highest BCUT2D eigenvalue weighted by atomic mass is 32.2. The number of aromatic nitrogens is 1. The minimum Gasteiger partial charge on any atom is -0.345 e. The first-order chi connectivity index (χ1) is 11.4. The van der Waals surface area contributed by atoms with Gasteiger partial charge in [0.1, 0.15) is 0 Å². The summed E-state index contributed by atoms with van der Waals surface area (Å²) in [5, 5.41) is 13.9. The van der Waals surface area contributed by atoms with E-state index in [1.165, 1.54) is 27.8 Å². The zero-order valence-electron chi connectivity index (χ0n) is 13.0. The van der Waals surface area contributed by atoms with Crippen molar-refractivity contribution < 1.29 is 13.3 Å². The van der Waals surface area contributed by atoms with Gasteiger partial charge in [-0.1, -0.05) is 12.1 Å². The number of nitrogens with zero attached hydrogens (tertiary/aromatic N) is 4. The van der Waals surface area contributed by atoms with Crippen molar-refractivity contribution >= 4 is 32.2 Å². The molecule has 1 aliphatic rings. The Labute approximate surface area is 143 Å². The van der Waals surface area contributed by atoms with Crippen molar-refractivity contribution in [2.24, 2.45) is 0 Å². The van der Waals surface area contributed by atoms with Crippen molar-refractivity contribution in [1.29, 1.82) is 0 Å². The van der Waals surface area contributed by atoms with Crippen LogP contribution in [0.15, 0.2) is 34.7 Å². The maximum absolute atomic E-state index is 12.9. The summed E-state index contributed by atoms with van der Waals surface area (Å²) in [6.45, 7) is 3.13. The number of hydrogen-bond acceptors (Lipinski definition) is 7. The Morgan fingerprint density at radius 2 is 1.96 bits per heavy atom. The highest BCUT2D eigenvalue weighted by Gasteiger charge is 2.35. The van der Waals surface area contributed by atoms with E-state index in [1.54, 1.807) is 19.2 Å². The number of hydrogen-bond donors (Lipinski definition) is 0. The molecule has 1 saturated heterocycles. The number of rotatable bonds is 4. The summed E-state index contributed by atoms with van der Waals surface area (Å²) in [5.74, 6) is 0. The number of anilines is 1. The molecule has 0 saturated carbocycles. The van der Waals surface area contributed by atoms with Crippen LogP contribution in [0.4, 0.5) is 10.8 Å². The first-order valence-corrected chi connectivity index (χ1v) is 9.62. The Bertz CT molecular complexity index is 844. The van der Waals surface area contributed by atoms with Crippen LogP contribution in [0.5, 0.6) is 0 Å². The Morgan fingerprint density at radius 3 is 2.54 bits per heavy atom. The predicted molar refractivity (Wildman–Crippen MR) is 90.9 cm³/mol. The number of nitro benzene ring substituents is 1. The first kappa shape index (κ1) is 16.8. The van der Waals surface area contributed by atoms with E-state index in [0.29, 0.717) is 18.7 Å². The molecule has 0 N–H and O–H groups in total. The molecule has 0 unspecified atom stereocenters. The van der Waals surface area contributed by atoms with Gasteiger partial charge in [0, 0.05) is 43.8 Å². The molecule has 1 fully saturated rings. The van der Waals surface area contributed by atoms with Gasteiger partial charge in [-0.15, -0.1) is 11.3 Å². The van der Waals surface area contributed by atoms with Gasteiger partial charge in [-0.2, -0.15) is 4.31 Å². The summed E-state index contributed by atoms with van der Waals surface area (Å²) < 4.78 is 27.1. The van der Waals surface area contributed by atoms with E-state index < -0.39 is 14.9 Å². The molecule has 0 amide bonds. The van der Waals surface area contributed by atoms with Gasteiger partial charge < -0.3 is 4.90 Å². The van der Waals surface area contributed by atoms with Crippen LogP contribution in [0, 0.1) is 17.0 Å². The van der Waals surface area contributed by atoms with Gasteiger partial charge in [-0.3, -0.25) is 10.1 Å². The van der Waals surface area contributed by atoms with Gasteiger partial charge in [0.25, 0.3) is 5.69 Å². The van der Waals surface area contributed by atoms with Crippen molar-refractivity contribution in [3.8, 4) is 0 Å². The maximum Gasteiger partial charge on any atom is 0.289 e.